The van der Waals surface area contributed by atoms with Crippen LogP contribution in [0.25, 0.3) is 0 Å². The molecular formula is C17H17N3. The molecule has 0 aromatic heterocycles. The highest BCUT2D eigenvalue weighted by molar-refractivity contribution is 5.54. The van der Waals surface area contributed by atoms with Crippen molar-refractivity contribution in [2.75, 3.05) is 4.90 Å². The lowest BCUT2D eigenvalue weighted by atomic mass is 9.92. The van der Waals surface area contributed by atoms with E-state index in [1.165, 1.54) is 11.3 Å². The van der Waals surface area contributed by atoms with Crippen molar-refractivity contribution < 1.29 is 0 Å². The molecule has 2 unspecified atom stereocenters. The Hall–Kier alpha value is -2.26. The summed E-state index contributed by atoms with van der Waals surface area (Å²) in [6, 6.07) is 13.7. The predicted molar refractivity (Wildman–Crippen MR) is 78.0 cm³/mol. The van der Waals surface area contributed by atoms with E-state index >= 15 is 0 Å². The van der Waals surface area contributed by atoms with Gasteiger partial charge in [0.05, 0.1) is 0 Å². The minimum absolute atomic E-state index is 0.338. The summed E-state index contributed by atoms with van der Waals surface area (Å²) in [7, 11) is 0. The van der Waals surface area contributed by atoms with Gasteiger partial charge in [-0.15, -0.1) is 0 Å². The number of anilines is 1. The van der Waals surface area contributed by atoms with Gasteiger partial charge in [-0.25, -0.2) is 0 Å². The highest BCUT2D eigenvalue weighted by atomic mass is 15.2. The largest absolute Gasteiger partial charge is 0.365 e. The molecule has 0 spiro atoms. The van der Waals surface area contributed by atoms with E-state index in [4.69, 9.17) is 10.5 Å². The zero-order valence-corrected chi connectivity index (χ0v) is 11.6. The maximum absolute atomic E-state index is 9.04. The molecule has 3 heteroatoms. The minimum atomic E-state index is 0.338. The van der Waals surface area contributed by atoms with Crippen molar-refractivity contribution in [2.45, 2.75) is 44.7 Å². The number of fused-ring (bicyclic) bond motifs is 2. The summed E-state index contributed by atoms with van der Waals surface area (Å²) in [5.41, 5.74) is 3.95. The van der Waals surface area contributed by atoms with Gasteiger partial charge in [0.25, 0.3) is 0 Å². The van der Waals surface area contributed by atoms with Crippen LogP contribution < -0.4 is 4.90 Å². The second-order valence-electron chi connectivity index (χ2n) is 5.74. The predicted octanol–water partition coefficient (Wildman–Crippen LogP) is 3.47. The fraction of sp³-hybridized carbons (Fsp3) is 0.412. The second-order valence-corrected chi connectivity index (χ2v) is 5.74. The Balaban J connectivity index is 1.90. The summed E-state index contributed by atoms with van der Waals surface area (Å²) >= 11 is 0. The smallest absolute Gasteiger partial charge is 0.129 e. The number of hydrogen-bond donors (Lipinski definition) is 0. The van der Waals surface area contributed by atoms with Gasteiger partial charge in [0.15, 0.2) is 0 Å². The van der Waals surface area contributed by atoms with Crippen molar-refractivity contribution in [3.8, 4) is 12.1 Å². The van der Waals surface area contributed by atoms with Crippen molar-refractivity contribution in [1.29, 1.82) is 10.5 Å². The molecule has 2 saturated heterocycles. The van der Waals surface area contributed by atoms with Crippen molar-refractivity contribution in [3.63, 3.8) is 0 Å². The number of allylic oxidation sites excluding steroid dienone is 1. The lowest BCUT2D eigenvalue weighted by molar-refractivity contribution is 0.548. The molecule has 20 heavy (non-hydrogen) atoms. The Morgan fingerprint density at radius 3 is 2.10 bits per heavy atom. The summed E-state index contributed by atoms with van der Waals surface area (Å²) < 4.78 is 0. The van der Waals surface area contributed by atoms with E-state index in [2.05, 4.69) is 48.2 Å². The van der Waals surface area contributed by atoms with Gasteiger partial charge in [-0.05, 0) is 50.3 Å². The van der Waals surface area contributed by atoms with E-state index in [1.807, 2.05) is 0 Å². The Morgan fingerprint density at radius 2 is 1.60 bits per heavy atom. The molecule has 0 amide bonds. The van der Waals surface area contributed by atoms with Gasteiger partial charge in [0, 0.05) is 17.8 Å². The first-order valence-corrected chi connectivity index (χ1v) is 7.10. The number of nitrogens with zero attached hydrogens (tertiary/aromatic N) is 3. The van der Waals surface area contributed by atoms with Crippen LogP contribution in [0.3, 0.4) is 0 Å². The number of benzene rings is 1. The molecule has 2 bridgehead atoms. The molecule has 3 nitrogen and oxygen atoms in total. The van der Waals surface area contributed by atoms with Gasteiger partial charge < -0.3 is 4.90 Å². The summed E-state index contributed by atoms with van der Waals surface area (Å²) in [5.74, 6) is 0. The highest BCUT2D eigenvalue weighted by Crippen LogP contribution is 2.42. The number of piperidine rings is 1. The van der Waals surface area contributed by atoms with Gasteiger partial charge in [0.2, 0.25) is 0 Å². The summed E-state index contributed by atoms with van der Waals surface area (Å²) in [5, 5.41) is 18.1. The van der Waals surface area contributed by atoms with Crippen LogP contribution in [0.4, 0.5) is 5.69 Å². The van der Waals surface area contributed by atoms with Crippen LogP contribution in [0, 0.1) is 29.6 Å². The molecule has 1 aromatic carbocycles. The van der Waals surface area contributed by atoms with Gasteiger partial charge in [0.1, 0.15) is 17.7 Å². The Bertz CT molecular complexity index is 596. The SMILES string of the molecule is Cc1ccc(N2C3CCC2CC(=C(C#N)C#N)C3)cc1. The number of aryl methyl sites for hydroxylation is 1. The van der Waals surface area contributed by atoms with Crippen LogP contribution in [0.1, 0.15) is 31.2 Å². The minimum Gasteiger partial charge on any atom is -0.365 e. The lowest BCUT2D eigenvalue weighted by Gasteiger charge is -2.38. The van der Waals surface area contributed by atoms with Crippen LogP contribution in [-0.4, -0.2) is 12.1 Å². The molecule has 2 aliphatic heterocycles. The molecule has 100 valence electrons. The zero-order chi connectivity index (χ0) is 14.1. The standard InChI is InChI=1S/C17H17N3/c1-12-2-4-15(5-3-12)20-16-6-7-17(20)9-13(8-16)14(10-18)11-19/h2-5,16-17H,6-9H2,1H3. The number of hydrogen-bond acceptors (Lipinski definition) is 3. The third-order valence-corrected chi connectivity index (χ3v) is 4.49. The van der Waals surface area contributed by atoms with Crippen molar-refractivity contribution in [3.05, 3.63) is 41.0 Å². The molecule has 0 N–H and O–H groups in total. The van der Waals surface area contributed by atoms with E-state index in [9.17, 15) is 0 Å². The van der Waals surface area contributed by atoms with Crippen molar-refractivity contribution in [1.82, 2.24) is 0 Å². The van der Waals surface area contributed by atoms with Crippen LogP contribution >= 0.6 is 0 Å². The van der Waals surface area contributed by atoms with E-state index < -0.39 is 0 Å². The first kappa shape index (κ1) is 12.8. The number of rotatable bonds is 1. The average molecular weight is 263 g/mol. The molecule has 0 aliphatic carbocycles. The Kier molecular flexibility index (Phi) is 3.20. The normalized spacial score (nSPS) is 24.1. The van der Waals surface area contributed by atoms with E-state index in [0.29, 0.717) is 17.7 Å². The van der Waals surface area contributed by atoms with Crippen LogP contribution in [0.5, 0.6) is 0 Å². The van der Waals surface area contributed by atoms with Crippen molar-refractivity contribution in [2.24, 2.45) is 0 Å². The fourth-order valence-electron chi connectivity index (χ4n) is 3.54. The monoisotopic (exact) mass is 263 g/mol. The molecular weight excluding hydrogens is 246 g/mol. The number of nitriles is 2. The van der Waals surface area contributed by atoms with E-state index in [-0.39, 0.29) is 0 Å². The van der Waals surface area contributed by atoms with Crippen LogP contribution in [0.2, 0.25) is 0 Å². The van der Waals surface area contributed by atoms with Gasteiger partial charge in [-0.1, -0.05) is 17.7 Å². The Morgan fingerprint density at radius 1 is 1.05 bits per heavy atom. The first-order chi connectivity index (χ1) is 9.72. The first-order valence-electron chi connectivity index (χ1n) is 7.10. The highest BCUT2D eigenvalue weighted by Gasteiger charge is 2.39. The maximum Gasteiger partial charge on any atom is 0.129 e. The molecule has 2 aliphatic rings. The van der Waals surface area contributed by atoms with Gasteiger partial charge in [-0.3, -0.25) is 0 Å². The van der Waals surface area contributed by atoms with Gasteiger partial charge in [-0.2, -0.15) is 10.5 Å². The Labute approximate surface area is 119 Å². The quantitative estimate of drug-likeness (QED) is 0.729. The zero-order valence-electron chi connectivity index (χ0n) is 11.6. The summed E-state index contributed by atoms with van der Waals surface area (Å²) in [6.07, 6.45) is 4.04. The summed E-state index contributed by atoms with van der Waals surface area (Å²) in [6.45, 7) is 2.10. The van der Waals surface area contributed by atoms with Crippen molar-refractivity contribution >= 4 is 5.69 Å². The lowest BCUT2D eigenvalue weighted by Crippen LogP contribution is -2.40. The molecule has 2 atom stereocenters. The third-order valence-electron chi connectivity index (χ3n) is 4.49. The molecule has 0 saturated carbocycles. The van der Waals surface area contributed by atoms with Gasteiger partial charge >= 0.3 is 0 Å². The van der Waals surface area contributed by atoms with E-state index in [1.54, 1.807) is 0 Å². The molecule has 0 radical (unpaired) electrons. The van der Waals surface area contributed by atoms with Crippen LogP contribution in [-0.2, 0) is 0 Å². The molecule has 2 fully saturated rings. The van der Waals surface area contributed by atoms with E-state index in [0.717, 1.165) is 31.3 Å². The second kappa shape index (κ2) is 5.02. The fourth-order valence-corrected chi connectivity index (χ4v) is 3.54. The molecule has 3 rings (SSSR count). The topological polar surface area (TPSA) is 50.8 Å². The molecule has 2 heterocycles. The van der Waals surface area contributed by atoms with Crippen LogP contribution in [0.15, 0.2) is 35.4 Å². The summed E-state index contributed by atoms with van der Waals surface area (Å²) in [4.78, 5) is 2.50. The third kappa shape index (κ3) is 2.06. The maximum atomic E-state index is 9.04. The molecule has 1 aromatic rings. The average Bonchev–Trinajstić information content (AvgIpc) is 2.72.